The second-order valence-electron chi connectivity index (χ2n) is 4.31. The molecule has 2 rings (SSSR count). The normalized spacial score (nSPS) is 10.7. The fourth-order valence-corrected chi connectivity index (χ4v) is 4.22. The van der Waals surface area contributed by atoms with E-state index in [1.54, 1.807) is 30.6 Å². The molecular weight excluding hydrogens is 374 g/mol. The van der Waals surface area contributed by atoms with Gasteiger partial charge in [-0.1, -0.05) is 34.7 Å². The van der Waals surface area contributed by atoms with Gasteiger partial charge in [0.1, 0.15) is 0 Å². The number of thioether (sulfide) groups is 2. The Balaban J connectivity index is 1.69. The zero-order valence-corrected chi connectivity index (χ0v) is 15.7. The number of ether oxygens (including phenoxy) is 1. The summed E-state index contributed by atoms with van der Waals surface area (Å²) >= 11 is 10.4. The first kappa shape index (κ1) is 18.5. The number of methoxy groups -OCH3 is 1. The highest BCUT2D eigenvalue weighted by Crippen LogP contribution is 2.25. The first-order valence-electron chi connectivity index (χ1n) is 6.81. The largest absolute Gasteiger partial charge is 0.384 e. The van der Waals surface area contributed by atoms with E-state index in [0.717, 1.165) is 15.0 Å². The molecule has 2 aromatic rings. The van der Waals surface area contributed by atoms with Crippen LogP contribution in [0.1, 0.15) is 6.42 Å². The number of nitrogens with zero attached hydrogens (tertiary/aromatic N) is 2. The van der Waals surface area contributed by atoms with Crippen molar-refractivity contribution < 1.29 is 9.53 Å². The minimum Gasteiger partial charge on any atom is -0.384 e. The summed E-state index contributed by atoms with van der Waals surface area (Å²) in [4.78, 5) is 13.0. The van der Waals surface area contributed by atoms with E-state index in [0.29, 0.717) is 28.9 Å². The van der Waals surface area contributed by atoms with Crippen molar-refractivity contribution in [1.82, 2.24) is 10.2 Å². The number of carbonyl (C=O) groups is 1. The predicted molar refractivity (Wildman–Crippen MR) is 97.9 cm³/mol. The topological polar surface area (TPSA) is 64.1 Å². The number of amides is 1. The van der Waals surface area contributed by atoms with Crippen molar-refractivity contribution in [2.24, 2.45) is 0 Å². The Morgan fingerprint density at radius 1 is 1.26 bits per heavy atom. The standard InChI is InChI=1S/C14H16ClN3O2S3/c1-20-7-9-22-14-18-17-13(23-14)16-12(19)6-8-21-11-4-2-10(15)3-5-11/h2-5H,6-9H2,1H3,(H,16,17,19). The van der Waals surface area contributed by atoms with Crippen LogP contribution in [0.3, 0.4) is 0 Å². The van der Waals surface area contributed by atoms with Crippen molar-refractivity contribution in [3.05, 3.63) is 29.3 Å². The Morgan fingerprint density at radius 3 is 2.78 bits per heavy atom. The average Bonchev–Trinajstić information content (AvgIpc) is 2.97. The highest BCUT2D eigenvalue weighted by molar-refractivity contribution is 8.01. The number of hydrogen-bond acceptors (Lipinski definition) is 7. The Morgan fingerprint density at radius 2 is 2.04 bits per heavy atom. The third-order valence-electron chi connectivity index (χ3n) is 2.58. The van der Waals surface area contributed by atoms with Crippen LogP contribution in [-0.4, -0.2) is 41.3 Å². The van der Waals surface area contributed by atoms with Gasteiger partial charge in [0.2, 0.25) is 11.0 Å². The van der Waals surface area contributed by atoms with Crippen LogP contribution in [-0.2, 0) is 9.53 Å². The van der Waals surface area contributed by atoms with Gasteiger partial charge < -0.3 is 10.1 Å². The number of rotatable bonds is 9. The van der Waals surface area contributed by atoms with Gasteiger partial charge in [0.05, 0.1) is 6.61 Å². The summed E-state index contributed by atoms with van der Waals surface area (Å²) in [6, 6.07) is 7.57. The molecule has 0 atom stereocenters. The first-order chi connectivity index (χ1) is 11.2. The van der Waals surface area contributed by atoms with Crippen LogP contribution < -0.4 is 5.32 Å². The first-order valence-corrected chi connectivity index (χ1v) is 9.97. The molecular formula is C14H16ClN3O2S3. The van der Waals surface area contributed by atoms with Crippen LogP contribution in [0.15, 0.2) is 33.5 Å². The fraction of sp³-hybridized carbons (Fsp3) is 0.357. The third-order valence-corrected chi connectivity index (χ3v) is 5.78. The molecule has 1 aromatic carbocycles. The number of hydrogen-bond donors (Lipinski definition) is 1. The average molecular weight is 390 g/mol. The van der Waals surface area contributed by atoms with E-state index in [1.165, 1.54) is 11.3 Å². The van der Waals surface area contributed by atoms with Gasteiger partial charge in [-0.15, -0.1) is 22.0 Å². The lowest BCUT2D eigenvalue weighted by molar-refractivity contribution is -0.115. The molecule has 1 N–H and O–H groups in total. The molecule has 0 fully saturated rings. The minimum atomic E-state index is -0.0592. The summed E-state index contributed by atoms with van der Waals surface area (Å²) in [6.07, 6.45) is 0.416. The van der Waals surface area contributed by atoms with Crippen molar-refractivity contribution in [3.63, 3.8) is 0 Å². The molecule has 5 nitrogen and oxygen atoms in total. The van der Waals surface area contributed by atoms with E-state index in [1.807, 2.05) is 24.3 Å². The molecule has 1 heterocycles. The van der Waals surface area contributed by atoms with E-state index in [4.69, 9.17) is 16.3 Å². The van der Waals surface area contributed by atoms with Gasteiger partial charge in [-0.2, -0.15) is 0 Å². The molecule has 1 aromatic heterocycles. The molecule has 1 amide bonds. The SMILES string of the molecule is COCCSc1nnc(NC(=O)CCSc2ccc(Cl)cc2)s1. The Hall–Kier alpha value is -0.800. The number of nitrogens with one attached hydrogen (secondary N) is 1. The lowest BCUT2D eigenvalue weighted by Gasteiger charge is -2.02. The van der Waals surface area contributed by atoms with Crippen LogP contribution in [0.25, 0.3) is 0 Å². The van der Waals surface area contributed by atoms with Crippen LogP contribution in [0.4, 0.5) is 5.13 Å². The molecule has 0 bridgehead atoms. The molecule has 0 aliphatic carbocycles. The number of benzene rings is 1. The third kappa shape index (κ3) is 7.09. The van der Waals surface area contributed by atoms with E-state index >= 15 is 0 Å². The van der Waals surface area contributed by atoms with Gasteiger partial charge in [0.15, 0.2) is 4.34 Å². The van der Waals surface area contributed by atoms with Crippen LogP contribution in [0, 0.1) is 0 Å². The molecule has 0 radical (unpaired) electrons. The van der Waals surface area contributed by atoms with Crippen LogP contribution >= 0.6 is 46.5 Å². The lowest BCUT2D eigenvalue weighted by Crippen LogP contribution is -2.11. The highest BCUT2D eigenvalue weighted by Gasteiger charge is 2.08. The Labute approximate surface area is 152 Å². The van der Waals surface area contributed by atoms with E-state index < -0.39 is 0 Å². The molecule has 0 aliphatic rings. The predicted octanol–water partition coefficient (Wildman–Crippen LogP) is 4.05. The number of halogens is 1. The van der Waals surface area contributed by atoms with Gasteiger partial charge in [-0.05, 0) is 24.3 Å². The maximum absolute atomic E-state index is 11.9. The quantitative estimate of drug-likeness (QED) is 0.396. The van der Waals surface area contributed by atoms with Gasteiger partial charge in [0, 0.05) is 35.0 Å². The Kier molecular flexibility index (Phi) is 8.18. The number of aromatic nitrogens is 2. The van der Waals surface area contributed by atoms with Crippen LogP contribution in [0.2, 0.25) is 5.02 Å². The molecule has 23 heavy (non-hydrogen) atoms. The van der Waals surface area contributed by atoms with Crippen molar-refractivity contribution in [2.75, 3.05) is 30.5 Å². The maximum atomic E-state index is 11.9. The highest BCUT2D eigenvalue weighted by atomic mass is 35.5. The molecule has 0 spiro atoms. The summed E-state index contributed by atoms with van der Waals surface area (Å²) in [7, 11) is 1.66. The maximum Gasteiger partial charge on any atom is 0.227 e. The fourth-order valence-electron chi connectivity index (χ4n) is 1.51. The molecule has 0 saturated carbocycles. The van der Waals surface area contributed by atoms with Crippen molar-refractivity contribution in [3.8, 4) is 0 Å². The molecule has 0 unspecified atom stereocenters. The zero-order valence-electron chi connectivity index (χ0n) is 12.5. The number of anilines is 1. The second kappa shape index (κ2) is 10.1. The van der Waals surface area contributed by atoms with E-state index in [-0.39, 0.29) is 5.91 Å². The van der Waals surface area contributed by atoms with E-state index in [9.17, 15) is 4.79 Å². The van der Waals surface area contributed by atoms with Crippen molar-refractivity contribution >= 4 is 57.5 Å². The number of carbonyl (C=O) groups excluding carboxylic acids is 1. The molecule has 9 heteroatoms. The summed E-state index contributed by atoms with van der Waals surface area (Å²) in [5.41, 5.74) is 0. The minimum absolute atomic E-state index is 0.0592. The van der Waals surface area contributed by atoms with Gasteiger partial charge in [-0.3, -0.25) is 4.79 Å². The van der Waals surface area contributed by atoms with Crippen molar-refractivity contribution in [1.29, 1.82) is 0 Å². The monoisotopic (exact) mass is 389 g/mol. The second-order valence-corrected chi connectivity index (χ2v) is 8.24. The molecule has 0 aliphatic heterocycles. The molecule has 124 valence electrons. The summed E-state index contributed by atoms with van der Waals surface area (Å²) in [5, 5.41) is 12.0. The van der Waals surface area contributed by atoms with Gasteiger partial charge in [-0.25, -0.2) is 0 Å². The summed E-state index contributed by atoms with van der Waals surface area (Å²) in [5.74, 6) is 1.45. The van der Waals surface area contributed by atoms with Gasteiger partial charge in [0.25, 0.3) is 0 Å². The van der Waals surface area contributed by atoms with Crippen LogP contribution in [0.5, 0.6) is 0 Å². The summed E-state index contributed by atoms with van der Waals surface area (Å²) in [6.45, 7) is 0.661. The van der Waals surface area contributed by atoms with E-state index in [2.05, 4.69) is 15.5 Å². The lowest BCUT2D eigenvalue weighted by atomic mass is 10.4. The summed E-state index contributed by atoms with van der Waals surface area (Å²) < 4.78 is 5.81. The smallest absolute Gasteiger partial charge is 0.227 e. The van der Waals surface area contributed by atoms with Crippen molar-refractivity contribution in [2.45, 2.75) is 15.7 Å². The Bertz CT molecular complexity index is 622. The molecule has 0 saturated heterocycles. The zero-order chi connectivity index (χ0) is 16.5. The van der Waals surface area contributed by atoms with Gasteiger partial charge >= 0.3 is 0 Å².